The van der Waals surface area contributed by atoms with Crippen LogP contribution in [0, 0.1) is 0 Å². The van der Waals surface area contributed by atoms with Gasteiger partial charge < -0.3 is 0 Å². The molecule has 0 unspecified atom stereocenters. The number of aromatic nitrogens is 1. The molecule has 0 atom stereocenters. The van der Waals surface area contributed by atoms with Crippen LogP contribution in [-0.2, 0) is 9.05 Å². The molecule has 1 heterocycles. The minimum Gasteiger partial charge on any atom is -0.263 e. The molecule has 0 aliphatic heterocycles. The van der Waals surface area contributed by atoms with Gasteiger partial charge in [-0.15, -0.1) is 0 Å². The third-order valence-corrected chi connectivity index (χ3v) is 3.16. The lowest BCUT2D eigenvalue weighted by Crippen LogP contribution is -2.00. The molecule has 0 aliphatic carbocycles. The molecule has 8 heteroatoms. The van der Waals surface area contributed by atoms with Crippen LogP contribution in [0.25, 0.3) is 0 Å². The smallest absolute Gasteiger partial charge is 0.263 e. The minimum atomic E-state index is -4.29. The molecule has 0 aliphatic rings. The molecule has 0 saturated heterocycles. The molecular weight excluding hydrogens is 259 g/mol. The highest BCUT2D eigenvalue weighted by Gasteiger charge is 2.25. The molecular formula is C6H3Cl2F2NO2S. The number of rotatable bonds is 2. The molecule has 14 heavy (non-hydrogen) atoms. The predicted molar refractivity (Wildman–Crippen MR) is 47.2 cm³/mol. The van der Waals surface area contributed by atoms with Crippen LogP contribution < -0.4 is 0 Å². The molecule has 0 aromatic carbocycles. The van der Waals surface area contributed by atoms with Crippen molar-refractivity contribution in [2.24, 2.45) is 0 Å². The Morgan fingerprint density at radius 3 is 2.29 bits per heavy atom. The van der Waals surface area contributed by atoms with Crippen molar-refractivity contribution in [3.63, 3.8) is 0 Å². The zero-order chi connectivity index (χ0) is 10.9. The van der Waals surface area contributed by atoms with E-state index in [2.05, 4.69) is 4.98 Å². The standard InChI is InChI=1S/C6H3Cl2F2NO2S/c7-4-2-11-1-3(6(9)10)5(4)14(8,12)13/h1-2,6H. The van der Waals surface area contributed by atoms with Crippen molar-refractivity contribution in [3.05, 3.63) is 23.0 Å². The summed E-state index contributed by atoms with van der Waals surface area (Å²) in [5, 5.41) is -0.419. The van der Waals surface area contributed by atoms with Gasteiger partial charge in [-0.2, -0.15) is 0 Å². The van der Waals surface area contributed by atoms with Gasteiger partial charge in [-0.3, -0.25) is 4.98 Å². The van der Waals surface area contributed by atoms with E-state index in [1.54, 1.807) is 0 Å². The van der Waals surface area contributed by atoms with Crippen molar-refractivity contribution in [1.82, 2.24) is 4.98 Å². The highest BCUT2D eigenvalue weighted by atomic mass is 35.7. The molecule has 0 radical (unpaired) electrons. The zero-order valence-electron chi connectivity index (χ0n) is 6.42. The molecule has 0 saturated carbocycles. The normalized spacial score (nSPS) is 12.1. The maximum atomic E-state index is 12.3. The van der Waals surface area contributed by atoms with E-state index >= 15 is 0 Å². The second kappa shape index (κ2) is 3.96. The monoisotopic (exact) mass is 261 g/mol. The Morgan fingerprint density at radius 1 is 1.36 bits per heavy atom. The fourth-order valence-corrected chi connectivity index (χ4v) is 2.67. The summed E-state index contributed by atoms with van der Waals surface area (Å²) in [6.45, 7) is 0. The molecule has 0 spiro atoms. The maximum absolute atomic E-state index is 12.3. The molecule has 78 valence electrons. The Balaban J connectivity index is 3.54. The SMILES string of the molecule is O=S(=O)(Cl)c1c(Cl)cncc1C(F)F. The van der Waals surface area contributed by atoms with Gasteiger partial charge in [0.15, 0.2) is 0 Å². The largest absolute Gasteiger partial charge is 0.266 e. The van der Waals surface area contributed by atoms with Crippen LogP contribution in [0.15, 0.2) is 17.3 Å². The van der Waals surface area contributed by atoms with E-state index in [1.165, 1.54) is 0 Å². The van der Waals surface area contributed by atoms with Gasteiger partial charge in [-0.25, -0.2) is 17.2 Å². The fourth-order valence-electron chi connectivity index (χ4n) is 0.851. The van der Waals surface area contributed by atoms with E-state index in [0.717, 1.165) is 6.20 Å². The van der Waals surface area contributed by atoms with Gasteiger partial charge in [0.2, 0.25) is 0 Å². The van der Waals surface area contributed by atoms with E-state index < -0.39 is 31.0 Å². The molecule has 1 aromatic rings. The average Bonchev–Trinajstić information content (AvgIpc) is 2.01. The van der Waals surface area contributed by atoms with Crippen molar-refractivity contribution in [1.29, 1.82) is 0 Å². The second-order valence-electron chi connectivity index (χ2n) is 2.28. The molecule has 0 bridgehead atoms. The van der Waals surface area contributed by atoms with Crippen LogP contribution in [0.3, 0.4) is 0 Å². The molecule has 1 aromatic heterocycles. The van der Waals surface area contributed by atoms with Gasteiger partial charge in [-0.05, 0) is 0 Å². The zero-order valence-corrected chi connectivity index (χ0v) is 8.74. The first-order valence-corrected chi connectivity index (χ1v) is 5.89. The fraction of sp³-hybridized carbons (Fsp3) is 0.167. The van der Waals surface area contributed by atoms with Gasteiger partial charge in [0.05, 0.1) is 10.6 Å². The summed E-state index contributed by atoms with van der Waals surface area (Å²) in [7, 11) is 0.651. The molecule has 1 rings (SSSR count). The lowest BCUT2D eigenvalue weighted by atomic mass is 10.3. The van der Waals surface area contributed by atoms with E-state index in [-0.39, 0.29) is 0 Å². The minimum absolute atomic E-state index is 0.419. The summed E-state index contributed by atoms with van der Waals surface area (Å²) in [4.78, 5) is 2.56. The van der Waals surface area contributed by atoms with Gasteiger partial charge in [-0.1, -0.05) is 11.6 Å². The Labute approximate surface area is 88.1 Å². The van der Waals surface area contributed by atoms with Crippen molar-refractivity contribution in [2.75, 3.05) is 0 Å². The van der Waals surface area contributed by atoms with Crippen molar-refractivity contribution in [2.45, 2.75) is 11.3 Å². The number of pyridine rings is 1. The summed E-state index contributed by atoms with van der Waals surface area (Å²) in [5.74, 6) is 0. The first kappa shape index (κ1) is 11.6. The van der Waals surface area contributed by atoms with Crippen LogP contribution >= 0.6 is 22.3 Å². The Kier molecular flexibility index (Phi) is 3.28. The van der Waals surface area contributed by atoms with Crippen molar-refractivity contribution < 1.29 is 17.2 Å². The van der Waals surface area contributed by atoms with Crippen LogP contribution in [0.2, 0.25) is 5.02 Å². The Hall–Kier alpha value is -0.460. The summed E-state index contributed by atoms with van der Waals surface area (Å²) in [6, 6.07) is 0. The van der Waals surface area contributed by atoms with Crippen molar-refractivity contribution >= 4 is 31.3 Å². The average molecular weight is 262 g/mol. The first-order valence-electron chi connectivity index (χ1n) is 3.20. The van der Waals surface area contributed by atoms with Crippen LogP contribution in [0.1, 0.15) is 12.0 Å². The van der Waals surface area contributed by atoms with E-state index in [1.807, 2.05) is 0 Å². The highest BCUT2D eigenvalue weighted by molar-refractivity contribution is 8.13. The van der Waals surface area contributed by atoms with Gasteiger partial charge >= 0.3 is 0 Å². The number of hydrogen-bond acceptors (Lipinski definition) is 3. The summed E-state index contributed by atoms with van der Waals surface area (Å²) in [5.41, 5.74) is -0.799. The Morgan fingerprint density at radius 2 is 1.93 bits per heavy atom. The number of halogens is 4. The summed E-state index contributed by atoms with van der Waals surface area (Å²) in [6.07, 6.45) is -1.35. The topological polar surface area (TPSA) is 47.0 Å². The van der Waals surface area contributed by atoms with Crippen LogP contribution in [0.5, 0.6) is 0 Å². The quantitative estimate of drug-likeness (QED) is 0.769. The molecule has 3 nitrogen and oxygen atoms in total. The lowest BCUT2D eigenvalue weighted by molar-refractivity contribution is 0.147. The van der Waals surface area contributed by atoms with Gasteiger partial charge in [0.25, 0.3) is 15.5 Å². The van der Waals surface area contributed by atoms with Crippen LogP contribution in [0.4, 0.5) is 8.78 Å². The van der Waals surface area contributed by atoms with Crippen molar-refractivity contribution in [3.8, 4) is 0 Å². The maximum Gasteiger partial charge on any atom is 0.266 e. The van der Waals surface area contributed by atoms with Crippen LogP contribution in [-0.4, -0.2) is 13.4 Å². The lowest BCUT2D eigenvalue weighted by Gasteiger charge is -2.05. The third kappa shape index (κ3) is 2.31. The third-order valence-electron chi connectivity index (χ3n) is 1.36. The number of alkyl halides is 2. The Bertz CT molecular complexity index is 449. The van der Waals surface area contributed by atoms with E-state index in [9.17, 15) is 17.2 Å². The summed E-state index contributed by atoms with van der Waals surface area (Å²) < 4.78 is 46.4. The molecule has 0 N–H and O–H groups in total. The predicted octanol–water partition coefficient (Wildman–Crippen LogP) is 2.60. The second-order valence-corrected chi connectivity index (χ2v) is 5.19. The highest BCUT2D eigenvalue weighted by Crippen LogP contribution is 2.32. The first-order chi connectivity index (χ1) is 6.34. The molecule has 0 amide bonds. The summed E-state index contributed by atoms with van der Waals surface area (Å²) >= 11 is 5.40. The molecule has 0 fully saturated rings. The number of nitrogens with zero attached hydrogens (tertiary/aromatic N) is 1. The van der Waals surface area contributed by atoms with E-state index in [4.69, 9.17) is 22.3 Å². The van der Waals surface area contributed by atoms with Gasteiger partial charge in [0, 0.05) is 23.1 Å². The van der Waals surface area contributed by atoms with E-state index in [0.29, 0.717) is 6.20 Å². The number of hydrogen-bond donors (Lipinski definition) is 0. The van der Waals surface area contributed by atoms with Gasteiger partial charge in [0.1, 0.15) is 4.90 Å².